The minimum absolute atomic E-state index is 0.534. The number of benzene rings is 13. The number of hydrogen-bond donors (Lipinski definition) is 0. The van der Waals surface area contributed by atoms with Crippen molar-refractivity contribution in [3.63, 3.8) is 0 Å². The summed E-state index contributed by atoms with van der Waals surface area (Å²) in [6, 6.07) is 106. The Morgan fingerprint density at radius 1 is 0.203 bits per heavy atom. The first-order valence-electron chi connectivity index (χ1n) is 25.7. The minimum atomic E-state index is -0.534. The highest BCUT2D eigenvalue weighted by Crippen LogP contribution is 2.64. The number of fused-ring (bicyclic) bond motifs is 16. The van der Waals surface area contributed by atoms with Gasteiger partial charge in [-0.2, -0.15) is 0 Å². The van der Waals surface area contributed by atoms with Crippen LogP contribution in [0.25, 0.3) is 99.1 Å². The summed E-state index contributed by atoms with van der Waals surface area (Å²) >= 11 is 0. The molecule has 0 aliphatic heterocycles. The zero-order valence-electron chi connectivity index (χ0n) is 40.6. The van der Waals surface area contributed by atoms with Gasteiger partial charge in [-0.15, -0.1) is 0 Å². The van der Waals surface area contributed by atoms with E-state index in [1.54, 1.807) is 0 Å². The first-order chi connectivity index (χ1) is 36.7. The van der Waals surface area contributed by atoms with Crippen molar-refractivity contribution in [1.82, 2.24) is 0 Å². The summed E-state index contributed by atoms with van der Waals surface area (Å²) in [5.74, 6) is 0. The Morgan fingerprint density at radius 2 is 0.622 bits per heavy atom. The molecule has 0 heterocycles. The van der Waals surface area contributed by atoms with Crippen molar-refractivity contribution in [1.29, 1.82) is 0 Å². The molecule has 0 aromatic heterocycles. The molecule has 0 radical (unpaired) electrons. The second-order valence-electron chi connectivity index (χ2n) is 19.9. The Bertz CT molecular complexity index is 4280. The Labute approximate surface area is 431 Å². The first kappa shape index (κ1) is 42.2. The van der Waals surface area contributed by atoms with Gasteiger partial charge >= 0.3 is 0 Å². The topological polar surface area (TPSA) is 3.24 Å². The van der Waals surface area contributed by atoms with Gasteiger partial charge in [-0.05, 0) is 158 Å². The van der Waals surface area contributed by atoms with Gasteiger partial charge in [0.1, 0.15) is 0 Å². The molecule has 1 heteroatoms. The van der Waals surface area contributed by atoms with E-state index in [1.807, 2.05) is 0 Å². The lowest BCUT2D eigenvalue weighted by Gasteiger charge is -2.33. The van der Waals surface area contributed by atoms with Crippen LogP contribution in [0.3, 0.4) is 0 Å². The molecule has 0 bridgehead atoms. The molecule has 0 fully saturated rings. The standard InChI is InChI=1S/C73H47N/c1-3-20-48(21-4-1)51-24-19-25-52(44-51)65-46-67-64-34-15-18-37-70(64)73(68-35-16-13-32-62(68)63-33-14-17-36-69(63)73)71(67)47-72(65)74(53-40-38-50(39-41-53)56-27-8-7-26-55(56)49-22-5-2-6-23-49)54-42-43-61-59-30-10-9-28-57(59)58-29-11-12-31-60(58)66(61)45-54/h1-47H. The molecule has 2 aliphatic rings. The van der Waals surface area contributed by atoms with Crippen molar-refractivity contribution >= 4 is 49.4 Å². The highest BCUT2D eigenvalue weighted by atomic mass is 15.1. The van der Waals surface area contributed by atoms with Gasteiger partial charge in [0.05, 0.1) is 11.1 Å². The van der Waals surface area contributed by atoms with Gasteiger partial charge in [0.15, 0.2) is 0 Å². The summed E-state index contributed by atoms with van der Waals surface area (Å²) in [5, 5.41) is 7.51. The average molecular weight is 938 g/mol. The van der Waals surface area contributed by atoms with Crippen LogP contribution in [-0.4, -0.2) is 0 Å². The van der Waals surface area contributed by atoms with Crippen LogP contribution in [0.1, 0.15) is 22.3 Å². The molecule has 0 amide bonds. The normalized spacial score (nSPS) is 12.7. The third-order valence-electron chi connectivity index (χ3n) is 16.1. The lowest BCUT2D eigenvalue weighted by Crippen LogP contribution is -2.26. The monoisotopic (exact) mass is 937 g/mol. The Balaban J connectivity index is 1.04. The van der Waals surface area contributed by atoms with E-state index in [2.05, 4.69) is 290 Å². The van der Waals surface area contributed by atoms with Crippen LogP contribution < -0.4 is 4.90 Å². The van der Waals surface area contributed by atoms with Crippen LogP contribution in [0, 0.1) is 0 Å². The number of anilines is 3. The molecule has 344 valence electrons. The molecule has 1 nitrogen and oxygen atoms in total. The summed E-state index contributed by atoms with van der Waals surface area (Å²) in [6.07, 6.45) is 0. The van der Waals surface area contributed by atoms with Gasteiger partial charge in [0.2, 0.25) is 0 Å². The van der Waals surface area contributed by atoms with Gasteiger partial charge in [0, 0.05) is 16.9 Å². The van der Waals surface area contributed by atoms with E-state index >= 15 is 0 Å². The summed E-state index contributed by atoms with van der Waals surface area (Å²) in [4.78, 5) is 2.55. The third-order valence-corrected chi connectivity index (χ3v) is 16.1. The Hall–Kier alpha value is -9.56. The van der Waals surface area contributed by atoms with Crippen molar-refractivity contribution in [3.8, 4) is 66.8 Å². The van der Waals surface area contributed by atoms with Crippen LogP contribution in [0.15, 0.2) is 285 Å². The van der Waals surface area contributed by atoms with Crippen LogP contribution in [0.5, 0.6) is 0 Å². The maximum atomic E-state index is 2.57. The Morgan fingerprint density at radius 3 is 1.20 bits per heavy atom. The van der Waals surface area contributed by atoms with Gasteiger partial charge in [-0.3, -0.25) is 0 Å². The molecule has 2 aliphatic carbocycles. The highest BCUT2D eigenvalue weighted by molar-refractivity contribution is 6.26. The van der Waals surface area contributed by atoms with Gasteiger partial charge in [-0.25, -0.2) is 0 Å². The first-order valence-corrected chi connectivity index (χ1v) is 25.7. The average Bonchev–Trinajstić information content (AvgIpc) is 4.01. The van der Waals surface area contributed by atoms with E-state index in [1.165, 1.54) is 110 Å². The largest absolute Gasteiger partial charge is 0.310 e. The molecule has 0 N–H and O–H groups in total. The maximum Gasteiger partial charge on any atom is 0.0726 e. The molecule has 13 aromatic rings. The van der Waals surface area contributed by atoms with E-state index in [4.69, 9.17) is 0 Å². The van der Waals surface area contributed by atoms with Crippen molar-refractivity contribution in [2.45, 2.75) is 5.41 Å². The van der Waals surface area contributed by atoms with E-state index in [-0.39, 0.29) is 0 Å². The molecule has 0 saturated heterocycles. The second-order valence-corrected chi connectivity index (χ2v) is 19.9. The van der Waals surface area contributed by atoms with Crippen molar-refractivity contribution in [2.75, 3.05) is 4.90 Å². The fourth-order valence-electron chi connectivity index (χ4n) is 12.9. The summed E-state index contributed by atoms with van der Waals surface area (Å²) in [6.45, 7) is 0. The molecule has 0 atom stereocenters. The molecule has 0 saturated carbocycles. The summed E-state index contributed by atoms with van der Waals surface area (Å²) < 4.78 is 0. The number of nitrogens with zero attached hydrogens (tertiary/aromatic N) is 1. The van der Waals surface area contributed by atoms with E-state index in [0.717, 1.165) is 28.2 Å². The molecular formula is C73H47N. The highest BCUT2D eigenvalue weighted by Gasteiger charge is 2.52. The van der Waals surface area contributed by atoms with Crippen molar-refractivity contribution in [3.05, 3.63) is 307 Å². The Kier molecular flexibility index (Phi) is 9.55. The number of hydrogen-bond acceptors (Lipinski definition) is 1. The van der Waals surface area contributed by atoms with Crippen LogP contribution in [-0.2, 0) is 5.41 Å². The van der Waals surface area contributed by atoms with Crippen LogP contribution >= 0.6 is 0 Å². The molecule has 13 aromatic carbocycles. The predicted molar refractivity (Wildman–Crippen MR) is 312 cm³/mol. The molecular weight excluding hydrogens is 891 g/mol. The quantitative estimate of drug-likeness (QED) is 0.144. The van der Waals surface area contributed by atoms with Gasteiger partial charge in [-0.1, -0.05) is 243 Å². The zero-order chi connectivity index (χ0) is 48.7. The zero-order valence-corrected chi connectivity index (χ0v) is 40.6. The van der Waals surface area contributed by atoms with Gasteiger partial charge < -0.3 is 4.90 Å². The fourth-order valence-corrected chi connectivity index (χ4v) is 12.9. The van der Waals surface area contributed by atoms with Crippen molar-refractivity contribution in [2.24, 2.45) is 0 Å². The SMILES string of the molecule is c1ccc(-c2cccc(-c3cc4c(cc3N(c3ccc(-c5ccccc5-c5ccccc5)cc3)c3ccc5c6ccccc6c6ccccc6c5c3)C3(c5ccccc5-c5ccccc53)c3ccccc3-4)c2)cc1. The van der Waals surface area contributed by atoms with Crippen molar-refractivity contribution < 1.29 is 0 Å². The fraction of sp³-hybridized carbons (Fsp3) is 0.0137. The predicted octanol–water partition coefficient (Wildman–Crippen LogP) is 19.6. The number of rotatable bonds is 7. The third kappa shape index (κ3) is 6.30. The van der Waals surface area contributed by atoms with Crippen LogP contribution in [0.2, 0.25) is 0 Å². The molecule has 0 unspecified atom stereocenters. The smallest absolute Gasteiger partial charge is 0.0726 e. The maximum absolute atomic E-state index is 2.57. The second kappa shape index (κ2) is 16.8. The summed E-state index contributed by atoms with van der Waals surface area (Å²) in [7, 11) is 0. The lowest BCUT2D eigenvalue weighted by molar-refractivity contribution is 0.794. The van der Waals surface area contributed by atoms with Gasteiger partial charge in [0.25, 0.3) is 0 Å². The molecule has 74 heavy (non-hydrogen) atoms. The van der Waals surface area contributed by atoms with E-state index in [9.17, 15) is 0 Å². The lowest BCUT2D eigenvalue weighted by atomic mass is 9.70. The van der Waals surface area contributed by atoms with E-state index < -0.39 is 5.41 Å². The minimum Gasteiger partial charge on any atom is -0.310 e. The van der Waals surface area contributed by atoms with Crippen LogP contribution in [0.4, 0.5) is 17.1 Å². The summed E-state index contributed by atoms with van der Waals surface area (Å²) in [5.41, 5.74) is 22.6. The molecule has 15 rings (SSSR count). The molecule has 1 spiro atoms. The van der Waals surface area contributed by atoms with E-state index in [0.29, 0.717) is 0 Å².